The Hall–Kier alpha value is -0.350. The maximum atomic E-state index is 2.37. The van der Waals surface area contributed by atoms with Gasteiger partial charge in [0.2, 0.25) is 0 Å². The maximum absolute atomic E-state index is 2.37. The number of allylic oxidation sites excluding steroid dienone is 6. The number of hydrogen-bond donors (Lipinski definition) is 0. The molecule has 10 heavy (non-hydrogen) atoms. The summed E-state index contributed by atoms with van der Waals surface area (Å²) in [7, 11) is 0.184. The zero-order valence-corrected chi connectivity index (χ0v) is 7.28. The highest BCUT2D eigenvalue weighted by atomic mass is 31.1. The highest BCUT2D eigenvalue weighted by Gasteiger charge is 2.20. The van der Waals surface area contributed by atoms with Gasteiger partial charge in [0, 0.05) is 0 Å². The molecule has 0 saturated heterocycles. The van der Waals surface area contributed by atoms with Gasteiger partial charge in [-0.3, -0.25) is 0 Å². The molecule has 2 rings (SSSR count). The Bertz CT molecular complexity index is 256. The van der Waals surface area contributed by atoms with Crippen molar-refractivity contribution in [3.63, 3.8) is 0 Å². The smallest absolute Gasteiger partial charge is 0.00975 e. The first-order valence-electron chi connectivity index (χ1n) is 3.59. The third-order valence-corrected chi connectivity index (χ3v) is 3.98. The molecule has 1 aliphatic heterocycles. The molecule has 0 aromatic heterocycles. The van der Waals surface area contributed by atoms with E-state index in [1.807, 2.05) is 0 Å². The predicted octanol–water partition coefficient (Wildman–Crippen LogP) is 2.88. The van der Waals surface area contributed by atoms with Crippen LogP contribution in [0.5, 0.6) is 0 Å². The molecule has 0 bridgehead atoms. The van der Waals surface area contributed by atoms with Crippen molar-refractivity contribution in [2.45, 2.75) is 6.92 Å². The van der Waals surface area contributed by atoms with Crippen LogP contribution in [-0.2, 0) is 0 Å². The molecule has 1 unspecified atom stereocenters. The third kappa shape index (κ3) is 0.793. The summed E-state index contributed by atoms with van der Waals surface area (Å²) in [6.07, 6.45) is 8.31. The summed E-state index contributed by atoms with van der Waals surface area (Å²) in [5.74, 6) is 0. The fourth-order valence-corrected chi connectivity index (χ4v) is 3.18. The molecule has 0 nitrogen and oxygen atoms in total. The zero-order chi connectivity index (χ0) is 7.14. The molecule has 0 N–H and O–H groups in total. The van der Waals surface area contributed by atoms with Gasteiger partial charge in [-0.2, -0.15) is 0 Å². The van der Waals surface area contributed by atoms with Gasteiger partial charge in [0.1, 0.15) is 0 Å². The van der Waals surface area contributed by atoms with Gasteiger partial charge in [-0.25, -0.2) is 0 Å². The van der Waals surface area contributed by atoms with E-state index in [1.165, 1.54) is 17.3 Å². The summed E-state index contributed by atoms with van der Waals surface area (Å²) >= 11 is 0. The largest absolute Gasteiger partial charge is 0.0740 e. The summed E-state index contributed by atoms with van der Waals surface area (Å²) in [6.45, 7) is 4.53. The van der Waals surface area contributed by atoms with Crippen LogP contribution in [0.4, 0.5) is 0 Å². The van der Waals surface area contributed by atoms with Crippen molar-refractivity contribution in [3.05, 3.63) is 34.7 Å². The number of rotatable bonds is 0. The molecule has 1 heterocycles. The lowest BCUT2D eigenvalue weighted by molar-refractivity contribution is 1.55. The van der Waals surface area contributed by atoms with Gasteiger partial charge in [0.15, 0.2) is 0 Å². The molecule has 2 aliphatic rings. The lowest BCUT2D eigenvalue weighted by Crippen LogP contribution is -1.71. The van der Waals surface area contributed by atoms with Gasteiger partial charge >= 0.3 is 0 Å². The molecule has 0 spiro atoms. The van der Waals surface area contributed by atoms with Crippen molar-refractivity contribution in [2.24, 2.45) is 0 Å². The average molecular weight is 150 g/mol. The first kappa shape index (κ1) is 6.37. The Morgan fingerprint density at radius 3 is 2.90 bits per heavy atom. The van der Waals surface area contributed by atoms with Crippen LogP contribution in [0.2, 0.25) is 0 Å². The molecule has 0 saturated carbocycles. The van der Waals surface area contributed by atoms with Crippen LogP contribution in [0.3, 0.4) is 0 Å². The van der Waals surface area contributed by atoms with Crippen molar-refractivity contribution in [3.8, 4) is 0 Å². The van der Waals surface area contributed by atoms with E-state index in [0.717, 1.165) is 0 Å². The second kappa shape index (κ2) is 2.07. The molecule has 1 heteroatoms. The predicted molar refractivity (Wildman–Crippen MR) is 47.6 cm³/mol. The van der Waals surface area contributed by atoms with Crippen LogP contribution in [-0.4, -0.2) is 12.8 Å². The molecule has 0 radical (unpaired) electrons. The maximum Gasteiger partial charge on any atom is -0.00975 e. The van der Waals surface area contributed by atoms with Crippen LogP contribution < -0.4 is 0 Å². The second-order valence-electron chi connectivity index (χ2n) is 2.96. The SMILES string of the molecule is CC1=CC2=CCP(C)C2=C1. The van der Waals surface area contributed by atoms with E-state index in [1.54, 1.807) is 5.31 Å². The van der Waals surface area contributed by atoms with E-state index in [4.69, 9.17) is 0 Å². The summed E-state index contributed by atoms with van der Waals surface area (Å²) in [4.78, 5) is 0. The molecule has 52 valence electrons. The lowest BCUT2D eigenvalue weighted by Gasteiger charge is -2.02. The zero-order valence-electron chi connectivity index (χ0n) is 6.39. The molecular weight excluding hydrogens is 139 g/mol. The van der Waals surface area contributed by atoms with Crippen LogP contribution in [0.1, 0.15) is 6.92 Å². The van der Waals surface area contributed by atoms with E-state index in [9.17, 15) is 0 Å². The molecule has 0 amide bonds. The third-order valence-electron chi connectivity index (χ3n) is 2.04. The van der Waals surface area contributed by atoms with Gasteiger partial charge in [-0.1, -0.05) is 26.1 Å². The molecule has 0 fully saturated rings. The topological polar surface area (TPSA) is 0 Å². The lowest BCUT2D eigenvalue weighted by atomic mass is 10.3. The Morgan fingerprint density at radius 2 is 2.20 bits per heavy atom. The Balaban J connectivity index is 2.42. The van der Waals surface area contributed by atoms with E-state index in [2.05, 4.69) is 31.8 Å². The normalized spacial score (nSPS) is 29.4. The minimum absolute atomic E-state index is 0.184. The Kier molecular flexibility index (Phi) is 1.32. The van der Waals surface area contributed by atoms with Crippen molar-refractivity contribution < 1.29 is 0 Å². The van der Waals surface area contributed by atoms with E-state index in [-0.39, 0.29) is 7.92 Å². The first-order chi connectivity index (χ1) is 4.77. The molecule has 1 aliphatic carbocycles. The van der Waals surface area contributed by atoms with Crippen molar-refractivity contribution in [2.75, 3.05) is 12.8 Å². The van der Waals surface area contributed by atoms with E-state index >= 15 is 0 Å². The highest BCUT2D eigenvalue weighted by molar-refractivity contribution is 7.62. The van der Waals surface area contributed by atoms with Crippen molar-refractivity contribution in [1.82, 2.24) is 0 Å². The minimum atomic E-state index is 0.184. The van der Waals surface area contributed by atoms with E-state index in [0.29, 0.717) is 0 Å². The second-order valence-corrected chi connectivity index (χ2v) is 5.20. The summed E-state index contributed by atoms with van der Waals surface area (Å²) < 4.78 is 0. The monoisotopic (exact) mass is 150 g/mol. The van der Waals surface area contributed by atoms with Gasteiger partial charge in [0.05, 0.1) is 0 Å². The fraction of sp³-hybridized carbons (Fsp3) is 0.333. The summed E-state index contributed by atoms with van der Waals surface area (Å²) in [6, 6.07) is 0. The Labute approximate surface area is 63.1 Å². The van der Waals surface area contributed by atoms with Gasteiger partial charge in [0.25, 0.3) is 0 Å². The standard InChI is InChI=1S/C9H11P/c1-7-5-8-3-4-10(2)9(8)6-7/h3,5-6H,4H2,1-2H3. The fourth-order valence-electron chi connectivity index (χ4n) is 1.49. The average Bonchev–Trinajstić information content (AvgIpc) is 2.35. The Morgan fingerprint density at radius 1 is 1.40 bits per heavy atom. The van der Waals surface area contributed by atoms with Crippen LogP contribution >= 0.6 is 7.92 Å². The molecular formula is C9H11P. The molecule has 0 aromatic carbocycles. The summed E-state index contributed by atoms with van der Waals surface area (Å²) in [5.41, 5.74) is 2.93. The number of hydrogen-bond acceptors (Lipinski definition) is 0. The van der Waals surface area contributed by atoms with Crippen molar-refractivity contribution in [1.29, 1.82) is 0 Å². The highest BCUT2D eigenvalue weighted by Crippen LogP contribution is 2.53. The number of fused-ring (bicyclic) bond motifs is 1. The van der Waals surface area contributed by atoms with Gasteiger partial charge < -0.3 is 0 Å². The van der Waals surface area contributed by atoms with Crippen molar-refractivity contribution >= 4 is 7.92 Å². The quantitative estimate of drug-likeness (QED) is 0.466. The summed E-state index contributed by atoms with van der Waals surface area (Å²) in [5, 5.41) is 1.62. The van der Waals surface area contributed by atoms with E-state index < -0.39 is 0 Å². The van der Waals surface area contributed by atoms with Gasteiger partial charge in [-0.05, 0) is 36.2 Å². The van der Waals surface area contributed by atoms with Gasteiger partial charge in [-0.15, -0.1) is 0 Å². The van der Waals surface area contributed by atoms with Crippen LogP contribution in [0.15, 0.2) is 34.7 Å². The first-order valence-corrected chi connectivity index (χ1v) is 5.56. The minimum Gasteiger partial charge on any atom is -0.0740 e. The molecule has 1 atom stereocenters. The molecule has 0 aromatic rings. The van der Waals surface area contributed by atoms with Crippen LogP contribution in [0.25, 0.3) is 0 Å². The van der Waals surface area contributed by atoms with Crippen LogP contribution in [0, 0.1) is 0 Å².